The van der Waals surface area contributed by atoms with Crippen LogP contribution in [0.25, 0.3) is 0 Å². The summed E-state index contributed by atoms with van der Waals surface area (Å²) in [6.07, 6.45) is 39.0. The molecule has 0 aliphatic rings. The number of carbonyl (C=O) groups excluding carboxylic acids is 6. The molecule has 0 aliphatic heterocycles. The highest BCUT2D eigenvalue weighted by molar-refractivity contribution is 5.84. The first-order valence-corrected chi connectivity index (χ1v) is 31.6. The molecule has 1 N–H and O–H groups in total. The summed E-state index contributed by atoms with van der Waals surface area (Å²) in [6, 6.07) is 0. The topological polar surface area (TPSA) is 164 Å². The molecular formula is C64H116N2O11. The van der Waals surface area contributed by atoms with Gasteiger partial charge < -0.3 is 33.9 Å². The number of unbranched alkanes of at least 4 members (excludes halogenated alkanes) is 19. The van der Waals surface area contributed by atoms with E-state index in [1.807, 2.05) is 13.8 Å². The third-order valence-electron chi connectivity index (χ3n) is 14.4. The quantitative estimate of drug-likeness (QED) is 0.0266. The van der Waals surface area contributed by atoms with Crippen LogP contribution >= 0.6 is 0 Å². The smallest absolute Gasteiger partial charge is 0.308 e. The van der Waals surface area contributed by atoms with Crippen molar-refractivity contribution in [2.75, 3.05) is 52.6 Å². The van der Waals surface area contributed by atoms with Gasteiger partial charge in [0.2, 0.25) is 0 Å². The summed E-state index contributed by atoms with van der Waals surface area (Å²) in [4.78, 5) is 81.9. The third kappa shape index (κ3) is 43.8. The van der Waals surface area contributed by atoms with Gasteiger partial charge in [-0.2, -0.15) is 0 Å². The second-order valence-electron chi connectivity index (χ2n) is 21.3. The summed E-state index contributed by atoms with van der Waals surface area (Å²) >= 11 is 0. The van der Waals surface area contributed by atoms with Crippen LogP contribution in [0.2, 0.25) is 0 Å². The molecule has 0 aromatic rings. The zero-order chi connectivity index (χ0) is 56.8. The van der Waals surface area contributed by atoms with Crippen LogP contribution in [-0.4, -0.2) is 99.4 Å². The summed E-state index contributed by atoms with van der Waals surface area (Å²) in [7, 11) is 0. The normalized spacial score (nSPS) is 13.1. The van der Waals surface area contributed by atoms with Gasteiger partial charge in [0.05, 0.1) is 37.4 Å². The van der Waals surface area contributed by atoms with Crippen LogP contribution in [0.1, 0.15) is 273 Å². The highest BCUT2D eigenvalue weighted by Gasteiger charge is 2.34. The molecule has 448 valence electrons. The standard InChI is InChI=1S/C64H116N2O11/c1-8-15-20-23-24-25-26-27-28-29-30-31-32-33-34-39-49-65-62(70)61(77-60(69)48-50-66(13-6)14-7)57(53-75-58(67)46-37-40-51-73-63(71)55(42-18-11-4)44-35-21-16-9-2)54-76-59(68)47-38-41-52-74-64(72)56(43-19-12-5)45-36-22-17-10-3/h24-25,27-28,55-57,61H,8-23,26,29-54H2,1-7H3,(H,65,70)/b25-24-,28-27-. The molecule has 0 fully saturated rings. The lowest BCUT2D eigenvalue weighted by Gasteiger charge is -2.26. The molecule has 3 unspecified atom stereocenters. The van der Waals surface area contributed by atoms with Gasteiger partial charge in [0, 0.05) is 25.9 Å². The Hall–Kier alpha value is -3.74. The Labute approximate surface area is 470 Å². The Morgan fingerprint density at radius 2 is 0.857 bits per heavy atom. The van der Waals surface area contributed by atoms with E-state index in [2.05, 4.69) is 69.1 Å². The van der Waals surface area contributed by atoms with Crippen LogP contribution in [0.3, 0.4) is 0 Å². The largest absolute Gasteiger partial charge is 0.465 e. The van der Waals surface area contributed by atoms with E-state index in [0.717, 1.165) is 174 Å². The molecule has 0 radical (unpaired) electrons. The maximum atomic E-state index is 14.0. The molecule has 77 heavy (non-hydrogen) atoms. The van der Waals surface area contributed by atoms with E-state index >= 15 is 0 Å². The van der Waals surface area contributed by atoms with Gasteiger partial charge in [0.1, 0.15) is 13.2 Å². The molecule has 13 heteroatoms. The molecule has 0 rings (SSSR count). The van der Waals surface area contributed by atoms with Gasteiger partial charge in [0.25, 0.3) is 5.91 Å². The highest BCUT2D eigenvalue weighted by atomic mass is 16.6. The summed E-state index contributed by atoms with van der Waals surface area (Å²) in [6.45, 7) is 16.9. The van der Waals surface area contributed by atoms with Gasteiger partial charge in [0.15, 0.2) is 6.10 Å². The van der Waals surface area contributed by atoms with E-state index < -0.39 is 35.8 Å². The van der Waals surface area contributed by atoms with Crippen LogP contribution in [0.15, 0.2) is 24.3 Å². The molecule has 0 aromatic carbocycles. The lowest BCUT2D eigenvalue weighted by molar-refractivity contribution is -0.167. The number of hydrogen-bond donors (Lipinski definition) is 1. The Kier molecular flexibility index (Phi) is 51.6. The van der Waals surface area contributed by atoms with Crippen molar-refractivity contribution >= 4 is 35.8 Å². The van der Waals surface area contributed by atoms with Crippen LogP contribution in [-0.2, 0) is 52.5 Å². The van der Waals surface area contributed by atoms with E-state index in [1.165, 1.54) is 19.3 Å². The van der Waals surface area contributed by atoms with Gasteiger partial charge in [-0.1, -0.05) is 188 Å². The third-order valence-corrected chi connectivity index (χ3v) is 14.4. The molecule has 3 atom stereocenters. The number of nitrogens with zero attached hydrogens (tertiary/aromatic N) is 1. The van der Waals surface area contributed by atoms with E-state index in [9.17, 15) is 28.8 Å². The number of esters is 5. The SMILES string of the molecule is CCCCC/C=C\C/C=C\CCCCCCCCNC(=O)C(OC(=O)CCN(CC)CC)C(COC(=O)CCCCOC(=O)C(CCCC)CCCCCC)COC(=O)CCCCOC(=O)C(CCCC)CCCCCC. The molecule has 0 spiro atoms. The van der Waals surface area contributed by atoms with Crippen molar-refractivity contribution in [1.29, 1.82) is 0 Å². The van der Waals surface area contributed by atoms with Crippen molar-refractivity contribution in [3.05, 3.63) is 24.3 Å². The summed E-state index contributed by atoms with van der Waals surface area (Å²) in [5.41, 5.74) is 0. The van der Waals surface area contributed by atoms with Crippen molar-refractivity contribution < 1.29 is 52.5 Å². The van der Waals surface area contributed by atoms with E-state index in [4.69, 9.17) is 23.7 Å². The number of rotatable bonds is 55. The minimum absolute atomic E-state index is 0.0509. The number of ether oxygens (including phenoxy) is 5. The molecule has 0 aliphatic carbocycles. The predicted octanol–water partition coefficient (Wildman–Crippen LogP) is 15.2. The van der Waals surface area contributed by atoms with Gasteiger partial charge in [-0.3, -0.25) is 28.8 Å². The Morgan fingerprint density at radius 3 is 1.34 bits per heavy atom. The molecule has 0 bridgehead atoms. The van der Waals surface area contributed by atoms with Crippen molar-refractivity contribution in [2.45, 2.75) is 279 Å². The van der Waals surface area contributed by atoms with Crippen molar-refractivity contribution in [3.8, 4) is 0 Å². The van der Waals surface area contributed by atoms with Crippen molar-refractivity contribution in [1.82, 2.24) is 10.2 Å². The average Bonchev–Trinajstić information content (AvgIpc) is 3.42. The fraction of sp³-hybridized carbons (Fsp3) is 0.844. The van der Waals surface area contributed by atoms with E-state index in [0.29, 0.717) is 38.8 Å². The van der Waals surface area contributed by atoms with Crippen molar-refractivity contribution in [2.24, 2.45) is 17.8 Å². The molecule has 0 saturated carbocycles. The molecular weight excluding hydrogens is 973 g/mol. The lowest BCUT2D eigenvalue weighted by Crippen LogP contribution is -2.46. The first kappa shape index (κ1) is 73.3. The fourth-order valence-corrected chi connectivity index (χ4v) is 9.17. The zero-order valence-electron chi connectivity index (χ0n) is 50.5. The first-order valence-electron chi connectivity index (χ1n) is 31.6. The molecule has 1 amide bonds. The van der Waals surface area contributed by atoms with Crippen LogP contribution in [0.5, 0.6) is 0 Å². The molecule has 0 heterocycles. The molecule has 0 saturated heterocycles. The van der Waals surface area contributed by atoms with Crippen molar-refractivity contribution in [3.63, 3.8) is 0 Å². The lowest BCUT2D eigenvalue weighted by atomic mass is 9.95. The second kappa shape index (κ2) is 54.2. The Morgan fingerprint density at radius 1 is 0.429 bits per heavy atom. The minimum atomic E-state index is -1.38. The molecule has 13 nitrogen and oxygen atoms in total. The number of nitrogens with one attached hydrogen (secondary N) is 1. The Balaban J connectivity index is 5.74. The monoisotopic (exact) mass is 1090 g/mol. The number of allylic oxidation sites excluding steroid dienone is 4. The maximum absolute atomic E-state index is 14.0. The number of hydrogen-bond acceptors (Lipinski definition) is 12. The predicted molar refractivity (Wildman–Crippen MR) is 313 cm³/mol. The summed E-state index contributed by atoms with van der Waals surface area (Å²) in [5, 5.41) is 2.96. The first-order chi connectivity index (χ1) is 37.5. The van der Waals surface area contributed by atoms with Crippen LogP contribution in [0.4, 0.5) is 0 Å². The second-order valence-corrected chi connectivity index (χ2v) is 21.3. The fourth-order valence-electron chi connectivity index (χ4n) is 9.17. The summed E-state index contributed by atoms with van der Waals surface area (Å²) in [5.74, 6) is -3.68. The van der Waals surface area contributed by atoms with E-state index in [-0.39, 0.29) is 69.5 Å². The zero-order valence-corrected chi connectivity index (χ0v) is 50.5. The van der Waals surface area contributed by atoms with Gasteiger partial charge >= 0.3 is 29.8 Å². The minimum Gasteiger partial charge on any atom is -0.465 e. The maximum Gasteiger partial charge on any atom is 0.308 e. The van der Waals surface area contributed by atoms with Crippen LogP contribution in [0, 0.1) is 17.8 Å². The van der Waals surface area contributed by atoms with Gasteiger partial charge in [-0.25, -0.2) is 0 Å². The Bertz CT molecular complexity index is 1450. The van der Waals surface area contributed by atoms with E-state index in [1.54, 1.807) is 0 Å². The highest BCUT2D eigenvalue weighted by Crippen LogP contribution is 2.22. The number of carbonyl (C=O) groups is 6. The average molecular weight is 1090 g/mol. The molecule has 0 aromatic heterocycles. The van der Waals surface area contributed by atoms with Gasteiger partial charge in [-0.05, 0) is 103 Å². The number of amides is 1. The summed E-state index contributed by atoms with van der Waals surface area (Å²) < 4.78 is 28.7. The van der Waals surface area contributed by atoms with Crippen LogP contribution < -0.4 is 5.32 Å². The van der Waals surface area contributed by atoms with Gasteiger partial charge in [-0.15, -0.1) is 0 Å².